The number of hydrogen-bond acceptors (Lipinski definition) is 2. The Kier molecular flexibility index (Phi) is 4.64. The lowest BCUT2D eigenvalue weighted by Crippen LogP contribution is -3.00. The molecule has 2 fully saturated rings. The van der Waals surface area contributed by atoms with Gasteiger partial charge in [0.2, 0.25) is 0 Å². The molecule has 0 amide bonds. The Labute approximate surface area is 92.8 Å². The average molecular weight is 239 g/mol. The summed E-state index contributed by atoms with van der Waals surface area (Å²) in [5, 5.41) is 19.1. The Morgan fingerprint density at radius 2 is 1.29 bits per heavy atom. The van der Waals surface area contributed by atoms with Crippen LogP contribution < -0.4 is 12.4 Å². The fourth-order valence-corrected chi connectivity index (χ4v) is 7.60. The number of halogens is 1. The average Bonchev–Trinajstić information content (AvgIpc) is 2.36. The third-order valence-corrected chi connectivity index (χ3v) is 9.13. The van der Waals surface area contributed by atoms with E-state index < -0.39 is 7.26 Å². The summed E-state index contributed by atoms with van der Waals surface area (Å²) in [6.07, 6.45) is 8.35. The highest BCUT2D eigenvalue weighted by atomic mass is 35.5. The second kappa shape index (κ2) is 5.12. The molecule has 2 atom stereocenters. The molecule has 2 saturated heterocycles. The van der Waals surface area contributed by atoms with Crippen molar-refractivity contribution >= 4 is 7.26 Å². The summed E-state index contributed by atoms with van der Waals surface area (Å²) in [4.78, 5) is 0. The predicted molar refractivity (Wildman–Crippen MR) is 56.4 cm³/mol. The summed E-state index contributed by atoms with van der Waals surface area (Å²) in [6.45, 7) is 0. The molecule has 2 nitrogen and oxygen atoms in total. The Morgan fingerprint density at radius 1 is 0.857 bits per heavy atom. The molecule has 2 bridgehead atoms. The second-order valence-electron chi connectivity index (χ2n) is 4.56. The molecule has 4 heteroatoms. The van der Waals surface area contributed by atoms with Crippen LogP contribution in [0, 0.1) is 0 Å². The fraction of sp³-hybridized carbons (Fsp3) is 1.00. The molecule has 0 aromatic heterocycles. The largest absolute Gasteiger partial charge is 1.00 e. The summed E-state index contributed by atoms with van der Waals surface area (Å²) in [5.41, 5.74) is 1.41. The van der Waals surface area contributed by atoms with Crippen molar-refractivity contribution in [2.75, 3.05) is 12.7 Å². The van der Waals surface area contributed by atoms with Gasteiger partial charge in [-0.05, 0) is 38.5 Å². The van der Waals surface area contributed by atoms with Crippen LogP contribution in [0.3, 0.4) is 0 Å². The van der Waals surface area contributed by atoms with E-state index in [0.717, 1.165) is 0 Å². The number of aliphatic hydroxyl groups excluding tert-OH is 2. The minimum absolute atomic E-state index is 0. The lowest BCUT2D eigenvalue weighted by Gasteiger charge is -2.28. The highest BCUT2D eigenvalue weighted by molar-refractivity contribution is 7.77. The van der Waals surface area contributed by atoms with E-state index in [4.69, 9.17) is 0 Å². The van der Waals surface area contributed by atoms with Crippen LogP contribution in [-0.2, 0) is 0 Å². The normalized spacial score (nSPS) is 34.7. The highest BCUT2D eigenvalue weighted by Gasteiger charge is 2.56. The first-order valence-electron chi connectivity index (χ1n) is 5.41. The lowest BCUT2D eigenvalue weighted by atomic mass is 10.0. The van der Waals surface area contributed by atoms with Gasteiger partial charge in [0.05, 0.1) is 18.6 Å². The first kappa shape index (κ1) is 12.7. The van der Waals surface area contributed by atoms with Gasteiger partial charge in [0.25, 0.3) is 0 Å². The zero-order valence-electron chi connectivity index (χ0n) is 8.53. The van der Waals surface area contributed by atoms with Crippen molar-refractivity contribution in [3.8, 4) is 0 Å². The summed E-state index contributed by atoms with van der Waals surface area (Å²) in [6, 6.07) is 0. The van der Waals surface area contributed by atoms with Crippen LogP contribution in [0.4, 0.5) is 0 Å². The van der Waals surface area contributed by atoms with Crippen LogP contribution in [0.15, 0.2) is 0 Å². The van der Waals surface area contributed by atoms with Gasteiger partial charge in [0, 0.05) is 0 Å². The molecule has 84 valence electrons. The Bertz CT molecular complexity index is 169. The van der Waals surface area contributed by atoms with Gasteiger partial charge in [0.15, 0.2) is 12.7 Å². The SMILES string of the molecule is OC[P+]1(CO)[C@@H]2CCCC[C@H]1CC2.[Cl-]. The Balaban J connectivity index is 0.000000980. The molecule has 0 aliphatic carbocycles. The summed E-state index contributed by atoms with van der Waals surface area (Å²) >= 11 is 0. The molecule has 14 heavy (non-hydrogen) atoms. The first-order chi connectivity index (χ1) is 6.33. The summed E-state index contributed by atoms with van der Waals surface area (Å²) in [7, 11) is -1.36. The van der Waals surface area contributed by atoms with Crippen molar-refractivity contribution < 1.29 is 22.6 Å². The van der Waals surface area contributed by atoms with Gasteiger partial charge in [-0.2, -0.15) is 0 Å². The molecular weight excluding hydrogens is 219 g/mol. The number of hydrogen-bond donors (Lipinski definition) is 2. The third-order valence-electron chi connectivity index (χ3n) is 4.14. The molecule has 0 saturated carbocycles. The van der Waals surface area contributed by atoms with Gasteiger partial charge in [-0.25, -0.2) is 0 Å². The van der Waals surface area contributed by atoms with Gasteiger partial charge in [-0.3, -0.25) is 0 Å². The van der Waals surface area contributed by atoms with Crippen molar-refractivity contribution in [3.63, 3.8) is 0 Å². The maximum absolute atomic E-state index is 9.54. The van der Waals surface area contributed by atoms with E-state index in [1.54, 1.807) is 0 Å². The monoisotopic (exact) mass is 238 g/mol. The maximum Gasteiger partial charge on any atom is 0.156 e. The second-order valence-corrected chi connectivity index (χ2v) is 8.79. The van der Waals surface area contributed by atoms with Crippen LogP contribution in [0.5, 0.6) is 0 Å². The zero-order valence-corrected chi connectivity index (χ0v) is 10.2. The summed E-state index contributed by atoms with van der Waals surface area (Å²) in [5.74, 6) is 0. The van der Waals surface area contributed by atoms with Crippen LogP contribution in [0.1, 0.15) is 38.5 Å². The van der Waals surface area contributed by atoms with E-state index in [1.165, 1.54) is 38.5 Å². The van der Waals surface area contributed by atoms with Gasteiger partial charge in [-0.1, -0.05) is 0 Å². The number of aliphatic hydroxyl groups is 2. The maximum atomic E-state index is 9.54. The lowest BCUT2D eigenvalue weighted by molar-refractivity contribution is -0.00000440. The summed E-state index contributed by atoms with van der Waals surface area (Å²) < 4.78 is 0. The van der Waals surface area contributed by atoms with Crippen molar-refractivity contribution in [3.05, 3.63) is 0 Å². The minimum atomic E-state index is -1.36. The molecule has 0 aromatic rings. The van der Waals surface area contributed by atoms with Gasteiger partial charge in [0.1, 0.15) is 0 Å². The smallest absolute Gasteiger partial charge is 0.156 e. The van der Waals surface area contributed by atoms with E-state index in [0.29, 0.717) is 24.0 Å². The fourth-order valence-electron chi connectivity index (χ4n) is 3.27. The Morgan fingerprint density at radius 3 is 1.64 bits per heavy atom. The van der Waals surface area contributed by atoms with Gasteiger partial charge in [-0.15, -0.1) is 0 Å². The molecule has 2 N–H and O–H groups in total. The zero-order chi connectivity index (χ0) is 9.31. The van der Waals surface area contributed by atoms with Crippen LogP contribution in [-0.4, -0.2) is 34.2 Å². The quantitative estimate of drug-likeness (QED) is 0.607. The van der Waals surface area contributed by atoms with Crippen molar-refractivity contribution in [2.45, 2.75) is 49.8 Å². The molecule has 2 aliphatic heterocycles. The third kappa shape index (κ3) is 1.82. The molecule has 0 unspecified atom stereocenters. The molecule has 0 aromatic carbocycles. The van der Waals surface area contributed by atoms with Crippen LogP contribution in [0.2, 0.25) is 0 Å². The van der Waals surface area contributed by atoms with E-state index in [-0.39, 0.29) is 12.4 Å². The topological polar surface area (TPSA) is 40.5 Å². The van der Waals surface area contributed by atoms with E-state index in [2.05, 4.69) is 0 Å². The molecule has 0 spiro atoms. The predicted octanol–water partition coefficient (Wildman–Crippen LogP) is -0.987. The highest BCUT2D eigenvalue weighted by Crippen LogP contribution is 2.74. The molecule has 0 radical (unpaired) electrons. The first-order valence-corrected chi connectivity index (χ1v) is 7.71. The molecule has 2 rings (SSSR count). The molecule has 2 aliphatic rings. The van der Waals surface area contributed by atoms with Crippen molar-refractivity contribution in [1.82, 2.24) is 0 Å². The van der Waals surface area contributed by atoms with Crippen molar-refractivity contribution in [2.24, 2.45) is 0 Å². The van der Waals surface area contributed by atoms with Gasteiger partial charge >= 0.3 is 0 Å². The minimum Gasteiger partial charge on any atom is -1.00 e. The van der Waals surface area contributed by atoms with Crippen LogP contribution >= 0.6 is 7.26 Å². The van der Waals surface area contributed by atoms with E-state index in [1.807, 2.05) is 0 Å². The van der Waals surface area contributed by atoms with Gasteiger partial charge < -0.3 is 22.6 Å². The Hall–Kier alpha value is 0.640. The standard InChI is InChI=1S/C10H20O2P.ClH/c11-7-13(8-12)9-3-1-2-4-10(13)6-5-9;/h9-12H,1-8H2;1H/q+1;/p-1/t9-,10+;. The molecular formula is C10H20ClO2P. The number of rotatable bonds is 2. The number of fused-ring (bicyclic) bond motifs is 2. The van der Waals surface area contributed by atoms with E-state index in [9.17, 15) is 10.2 Å². The van der Waals surface area contributed by atoms with Crippen LogP contribution in [0.25, 0.3) is 0 Å². The van der Waals surface area contributed by atoms with E-state index >= 15 is 0 Å². The van der Waals surface area contributed by atoms with Crippen molar-refractivity contribution in [1.29, 1.82) is 0 Å². The molecule has 2 heterocycles.